The van der Waals surface area contributed by atoms with Crippen LogP contribution in [0.4, 0.5) is 34.1 Å². The molecule has 0 bridgehead atoms. The fraction of sp³-hybridized carbons (Fsp3) is 0.177. The van der Waals surface area contributed by atoms with Crippen molar-refractivity contribution in [3.63, 3.8) is 0 Å². The molecule has 0 N–H and O–H groups in total. The second-order valence-corrected chi connectivity index (χ2v) is 32.6. The fourth-order valence-corrected chi connectivity index (χ4v) is 16.4. The summed E-state index contributed by atoms with van der Waals surface area (Å²) < 4.78 is 4.96. The van der Waals surface area contributed by atoms with Gasteiger partial charge in [0.1, 0.15) is 0 Å². The molecule has 13 aromatic carbocycles. The highest BCUT2D eigenvalue weighted by atomic mass is 15.2. The summed E-state index contributed by atoms with van der Waals surface area (Å²) in [7, 11) is 0. The lowest BCUT2D eigenvalue weighted by Crippen LogP contribution is -2.61. The average Bonchev–Trinajstić information content (AvgIpc) is 0.764. The molecule has 0 atom stereocenters. The summed E-state index contributed by atoms with van der Waals surface area (Å²) in [4.78, 5) is 5.37. The van der Waals surface area contributed by atoms with Crippen molar-refractivity contribution in [3.05, 3.63) is 306 Å². The third kappa shape index (κ3) is 10.5. The minimum atomic E-state index is -0.252. The van der Waals surface area contributed by atoms with Gasteiger partial charge in [-0.2, -0.15) is 5.26 Å². The minimum absolute atomic E-state index is 0.0588. The number of para-hydroxylation sites is 1. The van der Waals surface area contributed by atoms with Gasteiger partial charge in [-0.15, -0.1) is 0 Å². The number of aromatic nitrogens is 2. The number of nitrogens with zero attached hydrogens (tertiary/aromatic N) is 5. The fourth-order valence-electron chi connectivity index (χ4n) is 16.4. The Kier molecular flexibility index (Phi) is 14.8. The average molecular weight is 1320 g/mol. The van der Waals surface area contributed by atoms with Gasteiger partial charge in [0, 0.05) is 77.9 Å². The molecule has 5 nitrogen and oxygen atoms in total. The number of fused-ring (bicyclic) bond motifs is 10. The monoisotopic (exact) mass is 1320 g/mol. The minimum Gasteiger partial charge on any atom is -0.310 e. The van der Waals surface area contributed by atoms with Gasteiger partial charge in [0.25, 0.3) is 6.71 Å². The first-order chi connectivity index (χ1) is 49.0. The first-order valence-electron chi connectivity index (χ1n) is 36.1. The number of anilines is 6. The van der Waals surface area contributed by atoms with Crippen molar-refractivity contribution in [2.45, 2.75) is 112 Å². The van der Waals surface area contributed by atoms with Crippen molar-refractivity contribution in [1.82, 2.24) is 9.13 Å². The highest BCUT2D eigenvalue weighted by molar-refractivity contribution is 7.00. The Labute approximate surface area is 601 Å². The molecule has 102 heavy (non-hydrogen) atoms. The molecule has 17 rings (SSSR count). The lowest BCUT2D eigenvalue weighted by atomic mass is 9.33. The van der Waals surface area contributed by atoms with E-state index in [1.165, 1.54) is 60.4 Å². The molecule has 6 heteroatoms. The highest BCUT2D eigenvalue weighted by Crippen LogP contribution is 2.55. The van der Waals surface area contributed by atoms with Gasteiger partial charge >= 0.3 is 0 Å². The second kappa shape index (κ2) is 23.6. The van der Waals surface area contributed by atoms with E-state index in [4.69, 9.17) is 0 Å². The molecule has 4 heterocycles. The number of rotatable bonds is 8. The Morgan fingerprint density at radius 3 is 1.02 bits per heavy atom. The summed E-state index contributed by atoms with van der Waals surface area (Å²) in [5, 5.41) is 15.0. The molecule has 0 spiro atoms. The van der Waals surface area contributed by atoms with E-state index >= 15 is 0 Å². The van der Waals surface area contributed by atoms with Crippen LogP contribution in [0.5, 0.6) is 0 Å². The molecule has 15 aromatic rings. The first-order valence-corrected chi connectivity index (χ1v) is 36.1. The van der Waals surface area contributed by atoms with Gasteiger partial charge in [-0.3, -0.25) is 0 Å². The molecule has 0 saturated carbocycles. The molecule has 0 radical (unpaired) electrons. The lowest BCUT2D eigenvalue weighted by molar-refractivity contribution is 0.590. The maximum Gasteiger partial charge on any atom is 0.252 e. The smallest absolute Gasteiger partial charge is 0.252 e. The molecule has 2 aliphatic rings. The standard InChI is InChI=1S/C96H84BN5/c1-60-48-88-90-89(49-60)102(92-75(64-32-22-16-23-33-64)55-69(96(11,12)13)56-76(92)65-34-24-17-25-35-65)87-58-71(100-84-46-39-66(93(2,3)4)51-78(84)79-52-67(94(5,6)7)40-47-85(79)100)42-44-81(87)97(90)80-43-41-70(99-82-37-27-26-36-72(82)77-50-61(59-98)38-45-83(77)99)57-86(80)101(88)91-73(62-28-18-14-19-29-62)53-68(95(8,9)10)54-74(91)63-30-20-15-21-31-63/h14-58H,1-13H3. The van der Waals surface area contributed by atoms with Crippen LogP contribution in [0.1, 0.15) is 116 Å². The summed E-state index contributed by atoms with van der Waals surface area (Å²) in [6.07, 6.45) is 0. The molecule has 0 aliphatic carbocycles. The maximum atomic E-state index is 10.4. The zero-order valence-corrected chi connectivity index (χ0v) is 60.8. The van der Waals surface area contributed by atoms with E-state index in [1.807, 2.05) is 6.07 Å². The van der Waals surface area contributed by atoms with Gasteiger partial charge in [-0.1, -0.05) is 247 Å². The molecule has 2 aromatic heterocycles. The van der Waals surface area contributed by atoms with E-state index in [0.29, 0.717) is 5.56 Å². The van der Waals surface area contributed by atoms with Gasteiger partial charge in [0.05, 0.1) is 45.1 Å². The van der Waals surface area contributed by atoms with Crippen LogP contribution in [0.2, 0.25) is 0 Å². The number of aryl methyl sites for hydroxylation is 1. The summed E-state index contributed by atoms with van der Waals surface area (Å²) in [6, 6.07) is 106. The molecule has 0 saturated heterocycles. The molecular weight excluding hydrogens is 1230 g/mol. The largest absolute Gasteiger partial charge is 0.310 e. The topological polar surface area (TPSA) is 40.1 Å². The van der Waals surface area contributed by atoms with E-state index < -0.39 is 0 Å². The van der Waals surface area contributed by atoms with E-state index in [-0.39, 0.29) is 28.4 Å². The van der Waals surface area contributed by atoms with E-state index in [2.05, 4.69) is 382 Å². The number of hydrogen-bond acceptors (Lipinski definition) is 3. The van der Waals surface area contributed by atoms with Gasteiger partial charge in [-0.05, 0) is 204 Å². The van der Waals surface area contributed by atoms with Gasteiger partial charge < -0.3 is 18.9 Å². The summed E-state index contributed by atoms with van der Waals surface area (Å²) >= 11 is 0. The lowest BCUT2D eigenvalue weighted by Gasteiger charge is -2.46. The zero-order valence-electron chi connectivity index (χ0n) is 60.8. The Morgan fingerprint density at radius 1 is 0.304 bits per heavy atom. The van der Waals surface area contributed by atoms with Gasteiger partial charge in [0.15, 0.2) is 0 Å². The molecule has 0 fully saturated rings. The Hall–Kier alpha value is -11.4. The first kappa shape index (κ1) is 64.0. The molecule has 0 unspecified atom stereocenters. The third-order valence-electron chi connectivity index (χ3n) is 21.7. The van der Waals surface area contributed by atoms with E-state index in [1.54, 1.807) is 0 Å². The van der Waals surface area contributed by atoms with Crippen LogP contribution in [0.15, 0.2) is 273 Å². The summed E-state index contributed by atoms with van der Waals surface area (Å²) in [6.45, 7) is 30.1. The number of benzene rings is 13. The van der Waals surface area contributed by atoms with Crippen LogP contribution in [-0.4, -0.2) is 15.8 Å². The number of nitriles is 1. The molecule has 496 valence electrons. The normalized spacial score (nSPS) is 13.1. The second-order valence-electron chi connectivity index (χ2n) is 32.6. The van der Waals surface area contributed by atoms with E-state index in [0.717, 1.165) is 117 Å². The van der Waals surface area contributed by atoms with Crippen molar-refractivity contribution in [3.8, 4) is 62.0 Å². The van der Waals surface area contributed by atoms with Crippen LogP contribution < -0.4 is 26.2 Å². The predicted molar refractivity (Wildman–Crippen MR) is 435 cm³/mol. The molecule has 0 amide bonds. The quantitative estimate of drug-likeness (QED) is 0.142. The molecule has 2 aliphatic heterocycles. The van der Waals surface area contributed by atoms with Crippen LogP contribution >= 0.6 is 0 Å². The highest BCUT2D eigenvalue weighted by Gasteiger charge is 2.46. The van der Waals surface area contributed by atoms with Crippen molar-refractivity contribution in [2.24, 2.45) is 0 Å². The maximum absolute atomic E-state index is 10.4. The third-order valence-corrected chi connectivity index (χ3v) is 21.7. The van der Waals surface area contributed by atoms with Gasteiger partial charge in [-0.25, -0.2) is 0 Å². The number of hydrogen-bond donors (Lipinski definition) is 0. The van der Waals surface area contributed by atoms with Crippen LogP contribution in [0.3, 0.4) is 0 Å². The Morgan fingerprint density at radius 2 is 0.647 bits per heavy atom. The van der Waals surface area contributed by atoms with Gasteiger partial charge in [0.2, 0.25) is 0 Å². The Bertz CT molecular complexity index is 5750. The van der Waals surface area contributed by atoms with Crippen molar-refractivity contribution in [2.75, 3.05) is 9.80 Å². The van der Waals surface area contributed by atoms with Crippen LogP contribution in [0, 0.1) is 18.3 Å². The Balaban J connectivity index is 1.05. The van der Waals surface area contributed by atoms with E-state index in [9.17, 15) is 5.26 Å². The van der Waals surface area contributed by atoms with Crippen molar-refractivity contribution in [1.29, 1.82) is 5.26 Å². The SMILES string of the molecule is Cc1cc2c3c(c1)N(c1c(-c4ccccc4)cc(C(C)(C)C)cc1-c1ccccc1)c1cc(-n4c5ccc(C(C)(C)C)cc5c5cc(C(C)(C)C)ccc54)ccc1B3c1ccc(-n3c4ccccc4c4cc(C#N)ccc43)cc1N2c1c(-c2ccccc2)cc(C(C)(C)C)cc1-c1ccccc1. The van der Waals surface area contributed by atoms with Crippen molar-refractivity contribution >= 4 is 101 Å². The zero-order chi connectivity index (χ0) is 70.5. The summed E-state index contributed by atoms with van der Waals surface area (Å²) in [5.74, 6) is 0. The summed E-state index contributed by atoms with van der Waals surface area (Å²) in [5.41, 5.74) is 32.6. The van der Waals surface area contributed by atoms with Crippen molar-refractivity contribution < 1.29 is 0 Å². The van der Waals surface area contributed by atoms with Crippen LogP contribution in [-0.2, 0) is 21.7 Å². The predicted octanol–water partition coefficient (Wildman–Crippen LogP) is 24.0. The molecular formula is C96H84BN5. The van der Waals surface area contributed by atoms with Crippen LogP contribution in [0.25, 0.3) is 99.5 Å².